The standard InChI is InChI=1S/C11H10ClFN2O3S/c1-19(16,17)5-8-10(11(14)18-15-8)9-6(12)3-2-4-7(9)13/h2-4H,5,14H2,1H3. The predicted molar refractivity (Wildman–Crippen MR) is 69.9 cm³/mol. The van der Waals surface area contributed by atoms with Crippen LogP contribution in [0.2, 0.25) is 5.02 Å². The first-order valence-corrected chi connectivity index (χ1v) is 7.59. The summed E-state index contributed by atoms with van der Waals surface area (Å²) in [6.07, 6.45) is 1.03. The molecule has 2 N–H and O–H groups in total. The Bertz CT molecular complexity index is 707. The minimum atomic E-state index is -3.36. The number of rotatable bonds is 3. The summed E-state index contributed by atoms with van der Waals surface area (Å²) < 4.78 is 41.2. The Hall–Kier alpha value is -1.60. The van der Waals surface area contributed by atoms with E-state index in [0.29, 0.717) is 0 Å². The van der Waals surface area contributed by atoms with Gasteiger partial charge in [-0.25, -0.2) is 12.8 Å². The van der Waals surface area contributed by atoms with Crippen LogP contribution in [0.4, 0.5) is 10.3 Å². The van der Waals surface area contributed by atoms with E-state index >= 15 is 0 Å². The minimum absolute atomic E-state index is 0.0124. The molecule has 1 aromatic heterocycles. The lowest BCUT2D eigenvalue weighted by molar-refractivity contribution is 0.430. The fourth-order valence-electron chi connectivity index (χ4n) is 1.69. The third kappa shape index (κ3) is 2.87. The van der Waals surface area contributed by atoms with Gasteiger partial charge >= 0.3 is 0 Å². The zero-order valence-electron chi connectivity index (χ0n) is 9.85. The summed E-state index contributed by atoms with van der Waals surface area (Å²) >= 11 is 5.92. The van der Waals surface area contributed by atoms with Crippen molar-refractivity contribution in [3.63, 3.8) is 0 Å². The summed E-state index contributed by atoms with van der Waals surface area (Å²) in [7, 11) is -3.36. The van der Waals surface area contributed by atoms with Crippen LogP contribution < -0.4 is 5.73 Å². The van der Waals surface area contributed by atoms with Crippen LogP contribution in [-0.4, -0.2) is 19.8 Å². The maximum absolute atomic E-state index is 13.8. The van der Waals surface area contributed by atoms with Gasteiger partial charge in [0.05, 0.1) is 16.3 Å². The van der Waals surface area contributed by atoms with Crippen LogP contribution in [0.5, 0.6) is 0 Å². The number of hydrogen-bond acceptors (Lipinski definition) is 5. The number of benzene rings is 1. The molecule has 0 saturated carbocycles. The van der Waals surface area contributed by atoms with Crippen molar-refractivity contribution in [2.75, 3.05) is 12.0 Å². The monoisotopic (exact) mass is 304 g/mol. The Balaban J connectivity index is 2.66. The van der Waals surface area contributed by atoms with Gasteiger partial charge in [0.2, 0.25) is 5.88 Å². The molecular weight excluding hydrogens is 295 g/mol. The smallest absolute Gasteiger partial charge is 0.230 e. The quantitative estimate of drug-likeness (QED) is 0.940. The molecule has 0 spiro atoms. The number of aromatic nitrogens is 1. The molecule has 0 aliphatic rings. The summed E-state index contributed by atoms with van der Waals surface area (Å²) in [5.74, 6) is -1.21. The fourth-order valence-corrected chi connectivity index (χ4v) is 2.64. The summed E-state index contributed by atoms with van der Waals surface area (Å²) in [6, 6.07) is 4.09. The highest BCUT2D eigenvalue weighted by Crippen LogP contribution is 2.37. The molecule has 0 aliphatic heterocycles. The van der Waals surface area contributed by atoms with Crippen LogP contribution in [0.1, 0.15) is 5.69 Å². The Morgan fingerprint density at radius 1 is 1.42 bits per heavy atom. The van der Waals surface area contributed by atoms with Crippen LogP contribution in [0.15, 0.2) is 22.7 Å². The molecule has 1 heterocycles. The average molecular weight is 305 g/mol. The highest BCUT2D eigenvalue weighted by molar-refractivity contribution is 7.89. The summed E-state index contributed by atoms with van der Waals surface area (Å²) in [6.45, 7) is 0. The van der Waals surface area contributed by atoms with Crippen LogP contribution in [0.3, 0.4) is 0 Å². The molecule has 0 saturated heterocycles. The van der Waals surface area contributed by atoms with Crippen molar-refractivity contribution in [3.8, 4) is 11.1 Å². The van der Waals surface area contributed by atoms with E-state index < -0.39 is 21.4 Å². The molecule has 1 aromatic carbocycles. The average Bonchev–Trinajstić information content (AvgIpc) is 2.59. The first-order chi connectivity index (χ1) is 8.79. The first kappa shape index (κ1) is 13.8. The molecule has 0 fully saturated rings. The molecule has 0 bridgehead atoms. The van der Waals surface area contributed by atoms with Gasteiger partial charge in [-0.1, -0.05) is 22.8 Å². The van der Waals surface area contributed by atoms with E-state index in [1.54, 1.807) is 0 Å². The topological polar surface area (TPSA) is 86.2 Å². The largest absolute Gasteiger partial charge is 0.367 e. The lowest BCUT2D eigenvalue weighted by Crippen LogP contribution is -2.03. The first-order valence-electron chi connectivity index (χ1n) is 5.15. The lowest BCUT2D eigenvalue weighted by atomic mass is 10.1. The molecule has 0 unspecified atom stereocenters. The van der Waals surface area contributed by atoms with Gasteiger partial charge in [-0.05, 0) is 12.1 Å². The maximum Gasteiger partial charge on any atom is 0.230 e. The van der Waals surface area contributed by atoms with Crippen molar-refractivity contribution in [2.24, 2.45) is 0 Å². The molecule has 2 rings (SSSR count). The molecule has 8 heteroatoms. The molecule has 0 aliphatic carbocycles. The van der Waals surface area contributed by atoms with Gasteiger partial charge in [-0.3, -0.25) is 0 Å². The molecule has 5 nitrogen and oxygen atoms in total. The third-order valence-corrected chi connectivity index (χ3v) is 3.51. The Morgan fingerprint density at radius 3 is 2.68 bits per heavy atom. The van der Waals surface area contributed by atoms with Gasteiger partial charge in [0.15, 0.2) is 9.84 Å². The maximum atomic E-state index is 13.8. The molecule has 0 radical (unpaired) electrons. The number of nitrogens with two attached hydrogens (primary N) is 1. The predicted octanol–water partition coefficient (Wildman–Crippen LogP) is 2.26. The zero-order chi connectivity index (χ0) is 14.2. The number of halogens is 2. The minimum Gasteiger partial charge on any atom is -0.367 e. The second-order valence-corrected chi connectivity index (χ2v) is 6.58. The fraction of sp³-hybridized carbons (Fsp3) is 0.182. The van der Waals surface area contributed by atoms with Gasteiger partial charge in [-0.15, -0.1) is 0 Å². The molecular formula is C11H10ClFN2O3S. The van der Waals surface area contributed by atoms with Crippen molar-refractivity contribution in [1.82, 2.24) is 5.16 Å². The van der Waals surface area contributed by atoms with Gasteiger partial charge in [0, 0.05) is 11.8 Å². The SMILES string of the molecule is CS(=O)(=O)Cc1noc(N)c1-c1c(F)cccc1Cl. The van der Waals surface area contributed by atoms with E-state index in [-0.39, 0.29) is 27.7 Å². The molecule has 0 atom stereocenters. The van der Waals surface area contributed by atoms with Crippen molar-refractivity contribution < 1.29 is 17.3 Å². The number of anilines is 1. The van der Waals surface area contributed by atoms with E-state index in [1.807, 2.05) is 0 Å². The number of sulfone groups is 1. The number of nitrogens with zero attached hydrogens (tertiary/aromatic N) is 1. The Morgan fingerprint density at radius 2 is 2.11 bits per heavy atom. The highest BCUT2D eigenvalue weighted by Gasteiger charge is 2.23. The second-order valence-electron chi connectivity index (χ2n) is 4.04. The van der Waals surface area contributed by atoms with Gasteiger partial charge in [-0.2, -0.15) is 0 Å². The van der Waals surface area contributed by atoms with Crippen LogP contribution in [0.25, 0.3) is 11.1 Å². The molecule has 0 amide bonds. The third-order valence-electron chi connectivity index (χ3n) is 2.40. The van der Waals surface area contributed by atoms with Crippen LogP contribution in [0, 0.1) is 5.82 Å². The van der Waals surface area contributed by atoms with E-state index in [0.717, 1.165) is 6.26 Å². The number of hydrogen-bond donors (Lipinski definition) is 1. The second kappa shape index (κ2) is 4.82. The van der Waals surface area contributed by atoms with Crippen molar-refractivity contribution >= 4 is 27.3 Å². The van der Waals surface area contributed by atoms with Crippen molar-refractivity contribution in [1.29, 1.82) is 0 Å². The van der Waals surface area contributed by atoms with Gasteiger partial charge < -0.3 is 10.3 Å². The van der Waals surface area contributed by atoms with E-state index in [9.17, 15) is 12.8 Å². The normalized spacial score (nSPS) is 11.7. The lowest BCUT2D eigenvalue weighted by Gasteiger charge is -2.05. The molecule has 2 aromatic rings. The van der Waals surface area contributed by atoms with Crippen molar-refractivity contribution in [3.05, 3.63) is 34.7 Å². The van der Waals surface area contributed by atoms with Crippen molar-refractivity contribution in [2.45, 2.75) is 5.75 Å². The molecule has 102 valence electrons. The van der Waals surface area contributed by atoms with E-state index in [1.165, 1.54) is 18.2 Å². The van der Waals surface area contributed by atoms with Crippen LogP contribution in [-0.2, 0) is 15.6 Å². The van der Waals surface area contributed by atoms with E-state index in [4.69, 9.17) is 21.9 Å². The summed E-state index contributed by atoms with van der Waals surface area (Å²) in [5.41, 5.74) is 5.68. The van der Waals surface area contributed by atoms with E-state index in [2.05, 4.69) is 5.16 Å². The summed E-state index contributed by atoms with van der Waals surface area (Å²) in [4.78, 5) is 0. The van der Waals surface area contributed by atoms with Crippen LogP contribution >= 0.6 is 11.6 Å². The Labute approximate surface area is 114 Å². The summed E-state index contributed by atoms with van der Waals surface area (Å²) in [5, 5.41) is 3.66. The van der Waals surface area contributed by atoms with Gasteiger partial charge in [0.25, 0.3) is 0 Å². The highest BCUT2D eigenvalue weighted by atomic mass is 35.5. The molecule has 19 heavy (non-hydrogen) atoms. The zero-order valence-corrected chi connectivity index (χ0v) is 11.4. The number of nitrogen functional groups attached to an aromatic ring is 1. The van der Waals surface area contributed by atoms with Gasteiger partial charge in [0.1, 0.15) is 11.5 Å². The Kier molecular flexibility index (Phi) is 3.51.